The average Bonchev–Trinajstić information content (AvgIpc) is 2.62. The van der Waals surface area contributed by atoms with Gasteiger partial charge in [-0.15, -0.1) is 0 Å². The van der Waals surface area contributed by atoms with Gasteiger partial charge in [-0.3, -0.25) is 9.59 Å². The zero-order valence-corrected chi connectivity index (χ0v) is 13.8. The summed E-state index contributed by atoms with van der Waals surface area (Å²) in [6.45, 7) is 3.64. The number of piperidine rings is 1. The minimum atomic E-state index is -0.117. The van der Waals surface area contributed by atoms with Crippen molar-refractivity contribution in [1.82, 2.24) is 9.80 Å². The summed E-state index contributed by atoms with van der Waals surface area (Å²) in [4.78, 5) is 28.9. The SMILES string of the molecule is O=C(c1ccccc1Cl)N1CCCC(C(=O)N2CCOCC2)C1. The van der Waals surface area contributed by atoms with Gasteiger partial charge in [0.05, 0.1) is 29.7 Å². The van der Waals surface area contributed by atoms with E-state index in [9.17, 15) is 9.59 Å². The van der Waals surface area contributed by atoms with Crippen molar-refractivity contribution in [2.75, 3.05) is 39.4 Å². The number of carbonyl (C=O) groups excluding carboxylic acids is 2. The Bertz CT molecular complexity index is 587. The Labute approximate surface area is 141 Å². The first-order valence-electron chi connectivity index (χ1n) is 8.07. The molecule has 0 radical (unpaired) electrons. The lowest BCUT2D eigenvalue weighted by molar-refractivity contribution is -0.141. The van der Waals surface area contributed by atoms with Gasteiger partial charge in [0.25, 0.3) is 5.91 Å². The summed E-state index contributed by atoms with van der Waals surface area (Å²) in [5.74, 6) is -0.0617. The molecule has 1 unspecified atom stereocenters. The summed E-state index contributed by atoms with van der Waals surface area (Å²) in [6, 6.07) is 7.06. The molecule has 2 heterocycles. The molecule has 0 aliphatic carbocycles. The van der Waals surface area contributed by atoms with Gasteiger partial charge in [-0.25, -0.2) is 0 Å². The van der Waals surface area contributed by atoms with Gasteiger partial charge in [-0.2, -0.15) is 0 Å². The first kappa shape index (κ1) is 16.3. The minimum absolute atomic E-state index is 0.0879. The first-order chi connectivity index (χ1) is 11.2. The van der Waals surface area contributed by atoms with Crippen molar-refractivity contribution >= 4 is 23.4 Å². The molecule has 23 heavy (non-hydrogen) atoms. The second kappa shape index (κ2) is 7.32. The van der Waals surface area contributed by atoms with E-state index in [1.54, 1.807) is 29.2 Å². The zero-order valence-electron chi connectivity index (χ0n) is 13.0. The van der Waals surface area contributed by atoms with E-state index in [0.717, 1.165) is 12.8 Å². The topological polar surface area (TPSA) is 49.9 Å². The van der Waals surface area contributed by atoms with Crippen molar-refractivity contribution in [3.63, 3.8) is 0 Å². The van der Waals surface area contributed by atoms with E-state index in [0.29, 0.717) is 50.0 Å². The van der Waals surface area contributed by atoms with Gasteiger partial charge in [-0.1, -0.05) is 23.7 Å². The maximum absolute atomic E-state index is 12.7. The number of halogens is 1. The molecule has 5 nitrogen and oxygen atoms in total. The molecule has 0 saturated carbocycles. The molecule has 2 amide bonds. The molecule has 1 aromatic rings. The molecule has 0 aromatic heterocycles. The molecule has 2 fully saturated rings. The number of morpholine rings is 1. The lowest BCUT2D eigenvalue weighted by Crippen LogP contribution is -2.49. The highest BCUT2D eigenvalue weighted by molar-refractivity contribution is 6.33. The lowest BCUT2D eigenvalue weighted by Gasteiger charge is -2.36. The molecule has 2 aliphatic heterocycles. The summed E-state index contributed by atoms with van der Waals surface area (Å²) in [6.07, 6.45) is 1.68. The van der Waals surface area contributed by atoms with Gasteiger partial charge >= 0.3 is 0 Å². The van der Waals surface area contributed by atoms with Crippen LogP contribution in [0, 0.1) is 5.92 Å². The predicted octanol–water partition coefficient (Wildman–Crippen LogP) is 2.05. The van der Waals surface area contributed by atoms with Crippen molar-refractivity contribution in [1.29, 1.82) is 0 Å². The molecule has 124 valence electrons. The number of carbonyl (C=O) groups is 2. The van der Waals surface area contributed by atoms with Gasteiger partial charge in [0, 0.05) is 26.2 Å². The third-order valence-corrected chi connectivity index (χ3v) is 4.81. The molecule has 1 aromatic carbocycles. The summed E-state index contributed by atoms with van der Waals surface area (Å²) in [7, 11) is 0. The van der Waals surface area contributed by atoms with Crippen LogP contribution in [0.4, 0.5) is 0 Å². The molecule has 2 aliphatic rings. The molecule has 0 bridgehead atoms. The Hall–Kier alpha value is -1.59. The van der Waals surface area contributed by atoms with Crippen LogP contribution in [-0.4, -0.2) is 61.0 Å². The van der Waals surface area contributed by atoms with Gasteiger partial charge in [-0.05, 0) is 25.0 Å². The number of hydrogen-bond acceptors (Lipinski definition) is 3. The third-order valence-electron chi connectivity index (χ3n) is 4.48. The van der Waals surface area contributed by atoms with Crippen LogP contribution < -0.4 is 0 Å². The van der Waals surface area contributed by atoms with Gasteiger partial charge in [0.1, 0.15) is 0 Å². The van der Waals surface area contributed by atoms with Crippen LogP contribution in [0.5, 0.6) is 0 Å². The minimum Gasteiger partial charge on any atom is -0.378 e. The monoisotopic (exact) mass is 336 g/mol. The largest absolute Gasteiger partial charge is 0.378 e. The maximum atomic E-state index is 12.7. The number of rotatable bonds is 2. The Morgan fingerprint density at radius 2 is 1.83 bits per heavy atom. The summed E-state index contributed by atoms with van der Waals surface area (Å²) < 4.78 is 5.29. The highest BCUT2D eigenvalue weighted by atomic mass is 35.5. The van der Waals surface area contributed by atoms with Crippen LogP contribution in [0.2, 0.25) is 5.02 Å². The van der Waals surface area contributed by atoms with Crippen LogP contribution in [-0.2, 0) is 9.53 Å². The molecular formula is C17H21ClN2O3. The summed E-state index contributed by atoms with van der Waals surface area (Å²) in [5.41, 5.74) is 0.508. The first-order valence-corrected chi connectivity index (χ1v) is 8.45. The van der Waals surface area contributed by atoms with E-state index in [1.165, 1.54) is 0 Å². The van der Waals surface area contributed by atoms with Crippen LogP contribution >= 0.6 is 11.6 Å². The number of likely N-dealkylation sites (tertiary alicyclic amines) is 1. The Morgan fingerprint density at radius 3 is 2.57 bits per heavy atom. The molecule has 3 rings (SSSR count). The normalized spacial score (nSPS) is 22.0. The number of ether oxygens (including phenoxy) is 1. The molecule has 0 N–H and O–H groups in total. The quantitative estimate of drug-likeness (QED) is 0.830. The molecule has 0 spiro atoms. The van der Waals surface area contributed by atoms with E-state index in [2.05, 4.69) is 0 Å². The molecule has 6 heteroatoms. The Balaban J connectivity index is 1.67. The van der Waals surface area contributed by atoms with Crippen LogP contribution in [0.25, 0.3) is 0 Å². The van der Waals surface area contributed by atoms with Gasteiger partial charge in [0.2, 0.25) is 5.91 Å². The standard InChI is InChI=1S/C17H21ClN2O3/c18-15-6-2-1-5-14(15)17(22)20-7-3-4-13(12-20)16(21)19-8-10-23-11-9-19/h1-2,5-6,13H,3-4,7-12H2. The number of nitrogens with zero attached hydrogens (tertiary/aromatic N) is 2. The number of amides is 2. The van der Waals surface area contributed by atoms with E-state index in [-0.39, 0.29) is 17.7 Å². The third kappa shape index (κ3) is 3.67. The van der Waals surface area contributed by atoms with Crippen molar-refractivity contribution < 1.29 is 14.3 Å². The fourth-order valence-electron chi connectivity index (χ4n) is 3.21. The van der Waals surface area contributed by atoms with E-state index >= 15 is 0 Å². The maximum Gasteiger partial charge on any atom is 0.255 e. The Kier molecular flexibility index (Phi) is 5.18. The average molecular weight is 337 g/mol. The molecule has 1 atom stereocenters. The fraction of sp³-hybridized carbons (Fsp3) is 0.529. The van der Waals surface area contributed by atoms with Crippen LogP contribution in [0.15, 0.2) is 24.3 Å². The van der Waals surface area contributed by atoms with Crippen molar-refractivity contribution in [3.05, 3.63) is 34.9 Å². The van der Waals surface area contributed by atoms with Gasteiger partial charge in [0.15, 0.2) is 0 Å². The number of hydrogen-bond donors (Lipinski definition) is 0. The zero-order chi connectivity index (χ0) is 16.2. The fourth-order valence-corrected chi connectivity index (χ4v) is 3.43. The smallest absolute Gasteiger partial charge is 0.255 e. The van der Waals surface area contributed by atoms with E-state index in [1.807, 2.05) is 4.90 Å². The van der Waals surface area contributed by atoms with Gasteiger partial charge < -0.3 is 14.5 Å². The van der Waals surface area contributed by atoms with Crippen molar-refractivity contribution in [2.24, 2.45) is 5.92 Å². The van der Waals surface area contributed by atoms with E-state index < -0.39 is 0 Å². The van der Waals surface area contributed by atoms with E-state index in [4.69, 9.17) is 16.3 Å². The Morgan fingerprint density at radius 1 is 1.09 bits per heavy atom. The highest BCUT2D eigenvalue weighted by Gasteiger charge is 2.32. The second-order valence-corrected chi connectivity index (χ2v) is 6.42. The molecular weight excluding hydrogens is 316 g/mol. The molecule has 2 saturated heterocycles. The van der Waals surface area contributed by atoms with Crippen molar-refractivity contribution in [2.45, 2.75) is 12.8 Å². The highest BCUT2D eigenvalue weighted by Crippen LogP contribution is 2.23. The second-order valence-electron chi connectivity index (χ2n) is 6.01. The summed E-state index contributed by atoms with van der Waals surface area (Å²) >= 11 is 6.12. The summed E-state index contributed by atoms with van der Waals surface area (Å²) in [5, 5.41) is 0.458. The lowest BCUT2D eigenvalue weighted by atomic mass is 9.95. The number of benzene rings is 1. The predicted molar refractivity (Wildman–Crippen MR) is 87.5 cm³/mol. The van der Waals surface area contributed by atoms with Crippen LogP contribution in [0.1, 0.15) is 23.2 Å². The van der Waals surface area contributed by atoms with Crippen LogP contribution in [0.3, 0.4) is 0 Å². The van der Waals surface area contributed by atoms with Crippen molar-refractivity contribution in [3.8, 4) is 0 Å².